The van der Waals surface area contributed by atoms with Gasteiger partial charge in [-0.05, 0) is 6.92 Å². The summed E-state index contributed by atoms with van der Waals surface area (Å²) in [5.41, 5.74) is 6.95. The van der Waals surface area contributed by atoms with E-state index in [1.807, 2.05) is 31.6 Å². The number of rotatable bonds is 4. The van der Waals surface area contributed by atoms with Crippen LogP contribution in [0.15, 0.2) is 16.9 Å². The van der Waals surface area contributed by atoms with Crippen LogP contribution in [0.4, 0.5) is 0 Å². The predicted molar refractivity (Wildman–Crippen MR) is 62.3 cm³/mol. The lowest BCUT2D eigenvalue weighted by Gasteiger charge is -2.02. The molecule has 0 aliphatic carbocycles. The molecular weight excluding hydrogens is 218 g/mol. The largest absolute Gasteiger partial charge is 0.339 e. The highest BCUT2D eigenvalue weighted by molar-refractivity contribution is 5.18. The lowest BCUT2D eigenvalue weighted by atomic mass is 10.1. The Morgan fingerprint density at radius 1 is 1.47 bits per heavy atom. The average molecular weight is 235 g/mol. The van der Waals surface area contributed by atoms with E-state index >= 15 is 0 Å². The van der Waals surface area contributed by atoms with E-state index in [2.05, 4.69) is 15.2 Å². The van der Waals surface area contributed by atoms with Crippen LogP contribution in [-0.2, 0) is 6.54 Å². The molecule has 17 heavy (non-hydrogen) atoms. The number of aryl methyl sites for hydroxylation is 1. The van der Waals surface area contributed by atoms with Crippen molar-refractivity contribution < 1.29 is 4.52 Å². The molecule has 0 radical (unpaired) electrons. The quantitative estimate of drug-likeness (QED) is 0.867. The molecule has 0 aromatic carbocycles. The molecule has 0 saturated carbocycles. The van der Waals surface area contributed by atoms with Crippen LogP contribution in [0.25, 0.3) is 0 Å². The summed E-state index contributed by atoms with van der Waals surface area (Å²) >= 11 is 0. The van der Waals surface area contributed by atoms with E-state index in [4.69, 9.17) is 10.3 Å². The van der Waals surface area contributed by atoms with Gasteiger partial charge in [0.1, 0.15) is 0 Å². The zero-order valence-electron chi connectivity index (χ0n) is 10.3. The van der Waals surface area contributed by atoms with E-state index in [1.54, 1.807) is 6.20 Å². The standard InChI is InChI=1S/C11H17N5O/c1-4-16-6-8(5-13-16)9(12)10-14-11(7(2)3)17-15-10/h5-7,9H,4,12H2,1-3H3. The molecule has 0 amide bonds. The van der Waals surface area contributed by atoms with E-state index in [9.17, 15) is 0 Å². The van der Waals surface area contributed by atoms with E-state index in [-0.39, 0.29) is 12.0 Å². The second kappa shape index (κ2) is 4.67. The first-order valence-electron chi connectivity index (χ1n) is 5.73. The normalized spacial score (nSPS) is 13.2. The highest BCUT2D eigenvalue weighted by atomic mass is 16.5. The SMILES string of the molecule is CCn1cc(C(N)c2noc(C(C)C)n2)cn1. The molecule has 6 heteroatoms. The topological polar surface area (TPSA) is 82.8 Å². The van der Waals surface area contributed by atoms with Gasteiger partial charge in [0.25, 0.3) is 0 Å². The van der Waals surface area contributed by atoms with Crippen LogP contribution < -0.4 is 5.73 Å². The van der Waals surface area contributed by atoms with Gasteiger partial charge in [0.05, 0.1) is 12.2 Å². The Balaban J connectivity index is 2.20. The van der Waals surface area contributed by atoms with Crippen LogP contribution in [0, 0.1) is 0 Å². The maximum atomic E-state index is 6.06. The van der Waals surface area contributed by atoms with E-state index in [0.29, 0.717) is 11.7 Å². The number of hydrogen-bond acceptors (Lipinski definition) is 5. The summed E-state index contributed by atoms with van der Waals surface area (Å²) in [6.45, 7) is 6.83. The lowest BCUT2D eigenvalue weighted by molar-refractivity contribution is 0.359. The summed E-state index contributed by atoms with van der Waals surface area (Å²) in [5.74, 6) is 1.32. The summed E-state index contributed by atoms with van der Waals surface area (Å²) in [4.78, 5) is 4.28. The van der Waals surface area contributed by atoms with Gasteiger partial charge in [0.15, 0.2) is 5.82 Å². The van der Waals surface area contributed by atoms with Crippen molar-refractivity contribution in [3.05, 3.63) is 29.7 Å². The molecule has 2 rings (SSSR count). The third-order valence-corrected chi connectivity index (χ3v) is 2.57. The molecule has 1 atom stereocenters. The second-order valence-electron chi connectivity index (χ2n) is 4.25. The smallest absolute Gasteiger partial charge is 0.229 e. The molecule has 2 N–H and O–H groups in total. The van der Waals surface area contributed by atoms with Crippen molar-refractivity contribution in [2.75, 3.05) is 0 Å². The number of hydrogen-bond donors (Lipinski definition) is 1. The monoisotopic (exact) mass is 235 g/mol. The van der Waals surface area contributed by atoms with Crippen molar-refractivity contribution in [2.45, 2.75) is 39.3 Å². The van der Waals surface area contributed by atoms with Gasteiger partial charge < -0.3 is 10.3 Å². The van der Waals surface area contributed by atoms with Gasteiger partial charge in [-0.25, -0.2) is 0 Å². The van der Waals surface area contributed by atoms with E-state index < -0.39 is 0 Å². The van der Waals surface area contributed by atoms with Crippen LogP contribution in [0.3, 0.4) is 0 Å². The van der Waals surface area contributed by atoms with Crippen molar-refractivity contribution in [1.82, 2.24) is 19.9 Å². The fourth-order valence-corrected chi connectivity index (χ4v) is 1.47. The van der Waals surface area contributed by atoms with Crippen molar-refractivity contribution in [3.63, 3.8) is 0 Å². The fourth-order valence-electron chi connectivity index (χ4n) is 1.47. The molecule has 2 heterocycles. The Bertz CT molecular complexity index is 488. The van der Waals surface area contributed by atoms with Crippen molar-refractivity contribution in [3.8, 4) is 0 Å². The van der Waals surface area contributed by atoms with Crippen molar-refractivity contribution in [1.29, 1.82) is 0 Å². The van der Waals surface area contributed by atoms with Gasteiger partial charge in [-0.2, -0.15) is 10.1 Å². The van der Waals surface area contributed by atoms with Crippen LogP contribution in [0.1, 0.15) is 50.0 Å². The lowest BCUT2D eigenvalue weighted by Crippen LogP contribution is -2.13. The molecular formula is C11H17N5O. The maximum Gasteiger partial charge on any atom is 0.229 e. The first kappa shape index (κ1) is 11.8. The minimum absolute atomic E-state index is 0.210. The first-order valence-corrected chi connectivity index (χ1v) is 5.73. The second-order valence-corrected chi connectivity index (χ2v) is 4.25. The van der Waals surface area contributed by atoms with Crippen molar-refractivity contribution >= 4 is 0 Å². The number of nitrogens with zero attached hydrogens (tertiary/aromatic N) is 4. The van der Waals surface area contributed by atoms with E-state index in [1.165, 1.54) is 0 Å². The summed E-state index contributed by atoms with van der Waals surface area (Å²) in [7, 11) is 0. The molecule has 0 spiro atoms. The predicted octanol–water partition coefficient (Wildman–Crippen LogP) is 1.46. The summed E-state index contributed by atoms with van der Waals surface area (Å²) in [6.07, 6.45) is 3.63. The van der Waals surface area contributed by atoms with Gasteiger partial charge in [-0.1, -0.05) is 19.0 Å². The van der Waals surface area contributed by atoms with Crippen LogP contribution in [-0.4, -0.2) is 19.9 Å². The highest BCUT2D eigenvalue weighted by Gasteiger charge is 2.18. The zero-order chi connectivity index (χ0) is 12.4. The molecule has 0 aliphatic rings. The third-order valence-electron chi connectivity index (χ3n) is 2.57. The van der Waals surface area contributed by atoms with Crippen LogP contribution in [0.5, 0.6) is 0 Å². The summed E-state index contributed by atoms with van der Waals surface area (Å²) in [6, 6.07) is -0.383. The molecule has 0 fully saturated rings. The number of nitrogens with two attached hydrogens (primary N) is 1. The van der Waals surface area contributed by atoms with E-state index in [0.717, 1.165) is 12.1 Å². The Hall–Kier alpha value is -1.69. The number of aromatic nitrogens is 4. The molecule has 0 bridgehead atoms. The van der Waals surface area contributed by atoms with Gasteiger partial charge in [-0.15, -0.1) is 0 Å². The maximum absolute atomic E-state index is 6.06. The summed E-state index contributed by atoms with van der Waals surface area (Å²) < 4.78 is 6.95. The van der Waals surface area contributed by atoms with Crippen LogP contribution in [0.2, 0.25) is 0 Å². The van der Waals surface area contributed by atoms with Crippen molar-refractivity contribution in [2.24, 2.45) is 5.73 Å². The average Bonchev–Trinajstić information content (AvgIpc) is 2.97. The molecule has 2 aromatic heterocycles. The Labute approximate surface area is 99.8 Å². The third kappa shape index (κ3) is 2.36. The highest BCUT2D eigenvalue weighted by Crippen LogP contribution is 2.18. The molecule has 0 aliphatic heterocycles. The molecule has 2 aromatic rings. The Morgan fingerprint density at radius 2 is 2.24 bits per heavy atom. The van der Waals surface area contributed by atoms with Gasteiger partial charge >= 0.3 is 0 Å². The zero-order valence-corrected chi connectivity index (χ0v) is 10.3. The molecule has 6 nitrogen and oxygen atoms in total. The van der Waals surface area contributed by atoms with Gasteiger partial charge in [0.2, 0.25) is 5.89 Å². The van der Waals surface area contributed by atoms with Gasteiger partial charge in [0, 0.05) is 24.2 Å². The Morgan fingerprint density at radius 3 is 2.76 bits per heavy atom. The minimum Gasteiger partial charge on any atom is -0.339 e. The van der Waals surface area contributed by atoms with Crippen LogP contribution >= 0.6 is 0 Å². The molecule has 0 saturated heterocycles. The molecule has 1 unspecified atom stereocenters. The minimum atomic E-state index is -0.383. The summed E-state index contributed by atoms with van der Waals surface area (Å²) in [5, 5.41) is 8.07. The fraction of sp³-hybridized carbons (Fsp3) is 0.545. The van der Waals surface area contributed by atoms with Gasteiger partial charge in [-0.3, -0.25) is 4.68 Å². The first-order chi connectivity index (χ1) is 8.11. The molecule has 92 valence electrons. The Kier molecular flexibility index (Phi) is 3.23.